The van der Waals surface area contributed by atoms with E-state index in [0.717, 1.165) is 38.3 Å². The van der Waals surface area contributed by atoms with Crippen LogP contribution in [-0.4, -0.2) is 49.3 Å². The minimum absolute atomic E-state index is 0.251. The molecule has 0 bridgehead atoms. The van der Waals surface area contributed by atoms with Crippen LogP contribution in [0.15, 0.2) is 18.3 Å². The molecule has 5 heteroatoms. The van der Waals surface area contributed by atoms with Gasteiger partial charge in [0, 0.05) is 32.4 Å². The normalized spacial score (nSPS) is 20.6. The highest BCUT2D eigenvalue weighted by molar-refractivity contribution is 5.25. The van der Waals surface area contributed by atoms with Crippen LogP contribution in [0.5, 0.6) is 0 Å². The highest BCUT2D eigenvalue weighted by Crippen LogP contribution is 2.10. The van der Waals surface area contributed by atoms with Gasteiger partial charge in [-0.3, -0.25) is 4.90 Å². The smallest absolute Gasteiger partial charge is 0.140 e. The number of rotatable bonds is 4. The molecule has 1 atom stereocenters. The van der Waals surface area contributed by atoms with Crippen LogP contribution in [0.2, 0.25) is 0 Å². The Kier molecular flexibility index (Phi) is 4.65. The van der Waals surface area contributed by atoms with Gasteiger partial charge in [-0.05, 0) is 24.7 Å². The Bertz CT molecular complexity index is 427. The lowest BCUT2D eigenvalue weighted by Gasteiger charge is -2.32. The summed E-state index contributed by atoms with van der Waals surface area (Å²) in [6.45, 7) is 4.34. The number of nitriles is 1. The summed E-state index contributed by atoms with van der Waals surface area (Å²) in [5, 5.41) is 12.0. The lowest BCUT2D eigenvalue weighted by Crippen LogP contribution is -2.45. The molecule has 0 amide bonds. The first-order valence-corrected chi connectivity index (χ1v) is 6.15. The monoisotopic (exact) mass is 246 g/mol. The van der Waals surface area contributed by atoms with Gasteiger partial charge in [0.25, 0.3) is 0 Å². The predicted molar refractivity (Wildman–Crippen MR) is 67.9 cm³/mol. The van der Waals surface area contributed by atoms with E-state index in [1.54, 1.807) is 6.20 Å². The Hall–Kier alpha value is -1.48. The molecule has 0 saturated carbocycles. The number of morpholine rings is 1. The van der Waals surface area contributed by atoms with Crippen molar-refractivity contribution in [2.24, 2.45) is 0 Å². The molecular formula is C13H18N4O. The van der Waals surface area contributed by atoms with E-state index in [9.17, 15) is 0 Å². The zero-order valence-corrected chi connectivity index (χ0v) is 10.6. The molecular weight excluding hydrogens is 228 g/mol. The molecule has 0 aromatic carbocycles. The number of nitrogens with zero attached hydrogens (tertiary/aromatic N) is 3. The van der Waals surface area contributed by atoms with E-state index >= 15 is 0 Å². The van der Waals surface area contributed by atoms with E-state index < -0.39 is 0 Å². The van der Waals surface area contributed by atoms with Crippen molar-refractivity contribution in [3.05, 3.63) is 29.6 Å². The first-order valence-electron chi connectivity index (χ1n) is 6.15. The Morgan fingerprint density at radius 1 is 1.67 bits per heavy atom. The molecule has 0 spiro atoms. The molecule has 1 saturated heterocycles. The fourth-order valence-corrected chi connectivity index (χ4v) is 2.17. The Labute approximate surface area is 107 Å². The molecule has 1 aromatic heterocycles. The maximum atomic E-state index is 8.83. The SMILES string of the molecule is CNCC1CN(Cc2ccnc(C#N)c2)CCO1. The van der Waals surface area contributed by atoms with Crippen LogP contribution in [-0.2, 0) is 11.3 Å². The van der Waals surface area contributed by atoms with Gasteiger partial charge in [-0.2, -0.15) is 5.26 Å². The van der Waals surface area contributed by atoms with Gasteiger partial charge in [-0.15, -0.1) is 0 Å². The van der Waals surface area contributed by atoms with Gasteiger partial charge in [0.1, 0.15) is 11.8 Å². The maximum Gasteiger partial charge on any atom is 0.140 e. The summed E-state index contributed by atoms with van der Waals surface area (Å²) in [5.41, 5.74) is 1.61. The lowest BCUT2D eigenvalue weighted by atomic mass is 10.2. The molecule has 0 aliphatic carbocycles. The van der Waals surface area contributed by atoms with Gasteiger partial charge < -0.3 is 10.1 Å². The van der Waals surface area contributed by atoms with E-state index in [2.05, 4.69) is 21.3 Å². The maximum absolute atomic E-state index is 8.83. The molecule has 2 rings (SSSR count). The predicted octanol–water partition coefficient (Wildman–Crippen LogP) is 0.373. The van der Waals surface area contributed by atoms with Crippen molar-refractivity contribution in [1.82, 2.24) is 15.2 Å². The molecule has 1 aliphatic heterocycles. The molecule has 1 aliphatic rings. The van der Waals surface area contributed by atoms with Crippen LogP contribution in [0, 0.1) is 11.3 Å². The minimum Gasteiger partial charge on any atom is -0.374 e. The van der Waals surface area contributed by atoms with Gasteiger partial charge in [0.15, 0.2) is 0 Å². The summed E-state index contributed by atoms with van der Waals surface area (Å²) in [7, 11) is 1.93. The summed E-state index contributed by atoms with van der Waals surface area (Å²) in [5.74, 6) is 0. The van der Waals surface area contributed by atoms with E-state index in [4.69, 9.17) is 10.00 Å². The number of ether oxygens (including phenoxy) is 1. The van der Waals surface area contributed by atoms with Crippen molar-refractivity contribution in [3.63, 3.8) is 0 Å². The molecule has 96 valence electrons. The summed E-state index contributed by atoms with van der Waals surface area (Å²) in [6.07, 6.45) is 1.94. The van der Waals surface area contributed by atoms with Crippen molar-refractivity contribution < 1.29 is 4.74 Å². The number of pyridine rings is 1. The highest BCUT2D eigenvalue weighted by Gasteiger charge is 2.19. The van der Waals surface area contributed by atoms with Crippen molar-refractivity contribution in [3.8, 4) is 6.07 Å². The number of hydrogen-bond acceptors (Lipinski definition) is 5. The van der Waals surface area contributed by atoms with Gasteiger partial charge in [-0.1, -0.05) is 0 Å². The van der Waals surface area contributed by atoms with Crippen molar-refractivity contribution >= 4 is 0 Å². The standard InChI is InChI=1S/C13H18N4O/c1-15-8-13-10-17(4-5-18-13)9-11-2-3-16-12(6-11)7-14/h2-3,6,13,15H,4-5,8-10H2,1H3. The summed E-state index contributed by atoms with van der Waals surface area (Å²) in [6, 6.07) is 5.88. The van der Waals surface area contributed by atoms with Crippen LogP contribution in [0.1, 0.15) is 11.3 Å². The average Bonchev–Trinajstić information content (AvgIpc) is 2.40. The molecule has 0 radical (unpaired) electrons. The van der Waals surface area contributed by atoms with E-state index in [1.807, 2.05) is 19.2 Å². The number of nitrogens with one attached hydrogen (secondary N) is 1. The van der Waals surface area contributed by atoms with Crippen LogP contribution in [0.4, 0.5) is 0 Å². The van der Waals surface area contributed by atoms with Gasteiger partial charge in [-0.25, -0.2) is 4.98 Å². The van der Waals surface area contributed by atoms with Gasteiger partial charge in [0.05, 0.1) is 12.7 Å². The fourth-order valence-electron chi connectivity index (χ4n) is 2.17. The molecule has 2 heterocycles. The summed E-state index contributed by atoms with van der Waals surface area (Å²) in [4.78, 5) is 6.33. The lowest BCUT2D eigenvalue weighted by molar-refractivity contribution is -0.0291. The topological polar surface area (TPSA) is 61.2 Å². The summed E-state index contributed by atoms with van der Waals surface area (Å²) >= 11 is 0. The van der Waals surface area contributed by atoms with Crippen LogP contribution < -0.4 is 5.32 Å². The molecule has 1 fully saturated rings. The van der Waals surface area contributed by atoms with Crippen molar-refractivity contribution in [2.75, 3.05) is 33.3 Å². The molecule has 1 aromatic rings. The zero-order valence-electron chi connectivity index (χ0n) is 10.6. The molecule has 18 heavy (non-hydrogen) atoms. The Morgan fingerprint density at radius 2 is 2.56 bits per heavy atom. The van der Waals surface area contributed by atoms with Gasteiger partial charge >= 0.3 is 0 Å². The van der Waals surface area contributed by atoms with Crippen molar-refractivity contribution in [1.29, 1.82) is 5.26 Å². The summed E-state index contributed by atoms with van der Waals surface area (Å²) < 4.78 is 5.66. The second-order valence-electron chi connectivity index (χ2n) is 4.45. The number of hydrogen-bond donors (Lipinski definition) is 1. The van der Waals surface area contributed by atoms with Crippen LogP contribution in [0.3, 0.4) is 0 Å². The fraction of sp³-hybridized carbons (Fsp3) is 0.538. The molecule has 5 nitrogen and oxygen atoms in total. The zero-order chi connectivity index (χ0) is 12.8. The van der Waals surface area contributed by atoms with E-state index in [0.29, 0.717) is 5.69 Å². The minimum atomic E-state index is 0.251. The second kappa shape index (κ2) is 6.45. The largest absolute Gasteiger partial charge is 0.374 e. The highest BCUT2D eigenvalue weighted by atomic mass is 16.5. The average molecular weight is 246 g/mol. The molecule has 1 N–H and O–H groups in total. The third-order valence-electron chi connectivity index (χ3n) is 3.00. The Morgan fingerprint density at radius 3 is 3.33 bits per heavy atom. The van der Waals surface area contributed by atoms with Crippen molar-refractivity contribution in [2.45, 2.75) is 12.6 Å². The third-order valence-corrected chi connectivity index (χ3v) is 3.00. The second-order valence-corrected chi connectivity index (χ2v) is 4.45. The van der Waals surface area contributed by atoms with Crippen LogP contribution in [0.25, 0.3) is 0 Å². The first-order chi connectivity index (χ1) is 8.81. The molecule has 1 unspecified atom stereocenters. The van der Waals surface area contributed by atoms with E-state index in [-0.39, 0.29) is 6.10 Å². The first kappa shape index (κ1) is 13.0. The Balaban J connectivity index is 1.94. The van der Waals surface area contributed by atoms with Crippen LogP contribution >= 0.6 is 0 Å². The quantitative estimate of drug-likeness (QED) is 0.832. The number of likely N-dealkylation sites (N-methyl/N-ethyl adjacent to an activating group) is 1. The van der Waals surface area contributed by atoms with E-state index in [1.165, 1.54) is 0 Å². The van der Waals surface area contributed by atoms with Gasteiger partial charge in [0.2, 0.25) is 0 Å². The number of aromatic nitrogens is 1. The third kappa shape index (κ3) is 3.50.